The van der Waals surface area contributed by atoms with Crippen molar-refractivity contribution in [1.82, 2.24) is 9.80 Å². The van der Waals surface area contributed by atoms with E-state index in [1.807, 2.05) is 25.8 Å². The van der Waals surface area contributed by atoms with Crippen LogP contribution >= 0.6 is 0 Å². The van der Waals surface area contributed by atoms with Crippen molar-refractivity contribution in [2.45, 2.75) is 77.2 Å². The topological polar surface area (TPSA) is 103 Å². The van der Waals surface area contributed by atoms with Crippen molar-refractivity contribution in [2.75, 3.05) is 44.0 Å². The van der Waals surface area contributed by atoms with Gasteiger partial charge in [0.2, 0.25) is 0 Å². The Bertz CT molecular complexity index is 1650. The molecule has 0 spiro atoms. The minimum atomic E-state index is -4.52. The highest BCUT2D eigenvalue weighted by Gasteiger charge is 2.32. The van der Waals surface area contributed by atoms with Crippen LogP contribution in [0.15, 0.2) is 66.7 Å². The number of rotatable bonds is 8. The van der Waals surface area contributed by atoms with Crippen LogP contribution in [0.4, 0.5) is 42.5 Å². The molecule has 53 heavy (non-hydrogen) atoms. The first-order valence-corrected chi connectivity index (χ1v) is 17.4. The Morgan fingerprint density at radius 1 is 0.925 bits per heavy atom. The van der Waals surface area contributed by atoms with Crippen LogP contribution in [0.5, 0.6) is 5.75 Å². The number of halogens is 6. The number of benzene rings is 3. The summed E-state index contributed by atoms with van der Waals surface area (Å²) in [4.78, 5) is 30.7. The average Bonchev–Trinajstić information content (AvgIpc) is 3.09. The molecule has 0 bridgehead atoms. The zero-order valence-corrected chi connectivity index (χ0v) is 30.1. The number of hydrogen-bond donors (Lipinski definition) is 3. The van der Waals surface area contributed by atoms with Crippen molar-refractivity contribution in [3.05, 3.63) is 89.0 Å². The molecule has 15 heteroatoms. The van der Waals surface area contributed by atoms with Gasteiger partial charge < -0.3 is 30.1 Å². The molecule has 0 saturated carbocycles. The lowest BCUT2D eigenvalue weighted by molar-refractivity contribution is -0.138. The van der Waals surface area contributed by atoms with Crippen LogP contribution in [-0.2, 0) is 23.6 Å². The van der Waals surface area contributed by atoms with Gasteiger partial charge in [0, 0.05) is 43.5 Å². The van der Waals surface area contributed by atoms with Crippen molar-refractivity contribution in [2.24, 2.45) is 5.92 Å². The molecule has 290 valence electrons. The van der Waals surface area contributed by atoms with Crippen molar-refractivity contribution in [3.8, 4) is 5.75 Å². The van der Waals surface area contributed by atoms with E-state index in [0.717, 1.165) is 49.2 Å². The van der Waals surface area contributed by atoms with E-state index in [1.165, 1.54) is 23.1 Å². The predicted molar refractivity (Wildman–Crippen MR) is 189 cm³/mol. The summed E-state index contributed by atoms with van der Waals surface area (Å²) in [6, 6.07) is 12.2. The maximum absolute atomic E-state index is 14.4. The number of aliphatic hydroxyl groups excluding tert-OH is 1. The number of likely N-dealkylation sites (N-methyl/N-ethyl adjacent to an activating group) is 1. The van der Waals surface area contributed by atoms with Crippen LogP contribution in [0.1, 0.15) is 67.1 Å². The molecule has 3 aromatic carbocycles. The van der Waals surface area contributed by atoms with Crippen LogP contribution in [0.2, 0.25) is 0 Å². The van der Waals surface area contributed by atoms with E-state index >= 15 is 0 Å². The quantitative estimate of drug-likeness (QED) is 0.200. The zero-order chi connectivity index (χ0) is 38.9. The van der Waals surface area contributed by atoms with E-state index in [0.29, 0.717) is 31.7 Å². The minimum absolute atomic E-state index is 0.126. The number of alkyl halides is 6. The van der Waals surface area contributed by atoms with Crippen LogP contribution in [0.25, 0.3) is 0 Å². The van der Waals surface area contributed by atoms with Gasteiger partial charge in [-0.3, -0.25) is 9.69 Å². The average molecular weight is 753 g/mol. The van der Waals surface area contributed by atoms with E-state index in [-0.39, 0.29) is 54.0 Å². The number of nitrogens with zero attached hydrogens (tertiary/aromatic N) is 2. The molecule has 0 fully saturated rings. The lowest BCUT2D eigenvalue weighted by atomic mass is 10.0. The third-order valence-electron chi connectivity index (χ3n) is 9.00. The first-order chi connectivity index (χ1) is 24.9. The van der Waals surface area contributed by atoms with E-state index < -0.39 is 41.5 Å². The molecule has 1 heterocycles. The third-order valence-corrected chi connectivity index (χ3v) is 9.00. The summed E-state index contributed by atoms with van der Waals surface area (Å²) in [5, 5.41) is 15.3. The Balaban J connectivity index is 1.55. The zero-order valence-electron chi connectivity index (χ0n) is 30.1. The maximum atomic E-state index is 14.4. The summed E-state index contributed by atoms with van der Waals surface area (Å²) >= 11 is 0. The fraction of sp³-hybridized carbons (Fsp3) is 0.474. The normalized spacial score (nSPS) is 19.9. The smallest absolute Gasteiger partial charge is 0.416 e. The standard InChI is InChI=1S/C38H46F6N4O5/c1-24-20-48(25(2)23-49)35(50)32-19-31(46-36(51)45-30-14-12-29(13-15-30)38(42,43)44)16-17-33(32)53-26(3)7-5-6-18-52-34(24)22-47(4)21-27-8-10-28(11-9-27)37(39,40)41/h8-17,19,24-26,34,49H,5-7,18,20-23H2,1-4H3,(H2,45,46,51)/t24-,25-,26+,34-/m1/s1. The first-order valence-electron chi connectivity index (χ1n) is 17.4. The number of fused-ring (bicyclic) bond motifs is 1. The number of ether oxygens (including phenoxy) is 2. The SMILES string of the molecule is C[C@@H]1CN([C@H](C)CO)C(=O)c2cc(NC(=O)Nc3ccc(C(F)(F)F)cc3)ccc2O[C@@H](C)CCCCO[C@@H]1CN(C)Cc1ccc(C(F)(F)F)cc1. The van der Waals surface area contributed by atoms with Gasteiger partial charge >= 0.3 is 18.4 Å². The first kappa shape index (κ1) is 41.4. The molecule has 9 nitrogen and oxygen atoms in total. The highest BCUT2D eigenvalue weighted by molar-refractivity contribution is 6.02. The summed E-state index contributed by atoms with van der Waals surface area (Å²) in [6.45, 7) is 6.54. The highest BCUT2D eigenvalue weighted by atomic mass is 19.4. The van der Waals surface area contributed by atoms with Crippen LogP contribution in [0, 0.1) is 5.92 Å². The number of urea groups is 1. The number of hydrogen-bond acceptors (Lipinski definition) is 6. The summed E-state index contributed by atoms with van der Waals surface area (Å²) in [7, 11) is 1.84. The van der Waals surface area contributed by atoms with Gasteiger partial charge in [-0.2, -0.15) is 26.3 Å². The number of carbonyl (C=O) groups is 2. The summed E-state index contributed by atoms with van der Waals surface area (Å²) < 4.78 is 90.7. The number of aliphatic hydroxyl groups is 1. The molecule has 3 N–H and O–H groups in total. The van der Waals surface area contributed by atoms with E-state index in [1.54, 1.807) is 19.1 Å². The van der Waals surface area contributed by atoms with Gasteiger partial charge in [-0.25, -0.2) is 4.79 Å². The second-order valence-electron chi connectivity index (χ2n) is 13.6. The van der Waals surface area contributed by atoms with Gasteiger partial charge in [0.15, 0.2) is 0 Å². The predicted octanol–water partition coefficient (Wildman–Crippen LogP) is 8.30. The Hall–Kier alpha value is -4.34. The number of nitrogens with one attached hydrogen (secondary N) is 2. The Morgan fingerprint density at radius 2 is 1.51 bits per heavy atom. The molecule has 0 radical (unpaired) electrons. The molecule has 4 atom stereocenters. The van der Waals surface area contributed by atoms with Crippen LogP contribution in [-0.4, -0.2) is 78.4 Å². The van der Waals surface area contributed by atoms with Gasteiger partial charge in [0.1, 0.15) is 5.75 Å². The van der Waals surface area contributed by atoms with Crippen molar-refractivity contribution in [1.29, 1.82) is 0 Å². The second kappa shape index (κ2) is 18.1. The fourth-order valence-electron chi connectivity index (χ4n) is 5.98. The van der Waals surface area contributed by atoms with Crippen molar-refractivity contribution in [3.63, 3.8) is 0 Å². The Labute approximate surface area is 305 Å². The van der Waals surface area contributed by atoms with Crippen LogP contribution < -0.4 is 15.4 Å². The number of anilines is 2. The van der Waals surface area contributed by atoms with Gasteiger partial charge in [0.25, 0.3) is 5.91 Å². The Morgan fingerprint density at radius 3 is 2.11 bits per heavy atom. The molecule has 3 amide bonds. The summed E-state index contributed by atoms with van der Waals surface area (Å²) in [5.74, 6) is -0.452. The number of amides is 3. The fourth-order valence-corrected chi connectivity index (χ4v) is 5.98. The summed E-state index contributed by atoms with van der Waals surface area (Å²) in [5.41, 5.74) is -0.412. The van der Waals surface area contributed by atoms with E-state index in [2.05, 4.69) is 10.6 Å². The van der Waals surface area contributed by atoms with Crippen molar-refractivity contribution >= 4 is 23.3 Å². The maximum Gasteiger partial charge on any atom is 0.416 e. The summed E-state index contributed by atoms with van der Waals surface area (Å²) in [6.07, 6.45) is -7.47. The molecular formula is C38H46F6N4O5. The lowest BCUT2D eigenvalue weighted by Crippen LogP contribution is -2.47. The van der Waals surface area contributed by atoms with Gasteiger partial charge in [-0.15, -0.1) is 0 Å². The lowest BCUT2D eigenvalue weighted by Gasteiger charge is -2.36. The van der Waals surface area contributed by atoms with E-state index in [9.17, 15) is 41.0 Å². The molecule has 3 aromatic rings. The van der Waals surface area contributed by atoms with E-state index in [4.69, 9.17) is 9.47 Å². The number of carbonyl (C=O) groups excluding carboxylic acids is 2. The molecule has 1 aliphatic rings. The van der Waals surface area contributed by atoms with Gasteiger partial charge in [-0.1, -0.05) is 19.1 Å². The van der Waals surface area contributed by atoms with Gasteiger partial charge in [0.05, 0.1) is 41.5 Å². The second-order valence-corrected chi connectivity index (χ2v) is 13.6. The highest BCUT2D eigenvalue weighted by Crippen LogP contribution is 2.32. The molecule has 0 aromatic heterocycles. The minimum Gasteiger partial charge on any atom is -0.490 e. The molecule has 0 saturated heterocycles. The largest absolute Gasteiger partial charge is 0.490 e. The molecule has 0 aliphatic carbocycles. The molecule has 1 aliphatic heterocycles. The van der Waals surface area contributed by atoms with Crippen molar-refractivity contribution < 1.29 is 50.5 Å². The Kier molecular flexibility index (Phi) is 14.2. The van der Waals surface area contributed by atoms with Crippen LogP contribution in [0.3, 0.4) is 0 Å². The molecule has 0 unspecified atom stereocenters. The molecular weight excluding hydrogens is 706 g/mol. The molecule has 4 rings (SSSR count). The third kappa shape index (κ3) is 12.1. The van der Waals surface area contributed by atoms with Gasteiger partial charge in [-0.05, 0) is 100 Å². The monoisotopic (exact) mass is 752 g/mol.